The molecule has 2 N–H and O–H groups in total. The number of hydrogen-bond acceptors (Lipinski definition) is 4. The summed E-state index contributed by atoms with van der Waals surface area (Å²) in [4.78, 5) is 0.361. The van der Waals surface area contributed by atoms with E-state index in [1.807, 2.05) is 31.2 Å². The Hall–Kier alpha value is -0.990. The van der Waals surface area contributed by atoms with Gasteiger partial charge in [0.25, 0.3) is 0 Å². The van der Waals surface area contributed by atoms with Crippen molar-refractivity contribution in [3.05, 3.63) is 63.6 Å². The summed E-state index contributed by atoms with van der Waals surface area (Å²) in [6, 6.07) is 13.7. The molecule has 0 radical (unpaired) electrons. The van der Waals surface area contributed by atoms with Crippen molar-refractivity contribution in [3.8, 4) is 0 Å². The maximum atomic E-state index is 13.4. The fraction of sp³-hybridized carbons (Fsp3) is 0.316. The molecule has 1 aliphatic carbocycles. The number of ether oxygens (including phenoxy) is 1. The Morgan fingerprint density at radius 2 is 1.81 bits per heavy atom. The van der Waals surface area contributed by atoms with Gasteiger partial charge in [0.15, 0.2) is 9.84 Å². The summed E-state index contributed by atoms with van der Waals surface area (Å²) in [6.07, 6.45) is 0. The molecule has 1 aliphatic rings. The van der Waals surface area contributed by atoms with Crippen LogP contribution in [0.25, 0.3) is 0 Å². The molecule has 8 heteroatoms. The van der Waals surface area contributed by atoms with Gasteiger partial charge in [0.2, 0.25) is 0 Å². The first kappa shape index (κ1) is 20.7. The molecule has 3 atom stereocenters. The minimum Gasteiger partial charge on any atom is -0.393 e. The van der Waals surface area contributed by atoms with Crippen molar-refractivity contribution in [1.29, 1.82) is 0 Å². The summed E-state index contributed by atoms with van der Waals surface area (Å²) in [5, 5.41) is -0.305. The normalized spacial score (nSPS) is 24.6. The first-order valence-electron chi connectivity index (χ1n) is 8.37. The van der Waals surface area contributed by atoms with E-state index in [-0.39, 0.29) is 22.4 Å². The van der Waals surface area contributed by atoms with Gasteiger partial charge in [-0.1, -0.05) is 51.9 Å². The number of nitrogens with two attached hydrogens (primary N) is 1. The lowest BCUT2D eigenvalue weighted by molar-refractivity contribution is 0.121. The van der Waals surface area contributed by atoms with E-state index in [0.29, 0.717) is 11.6 Å². The first-order valence-corrected chi connectivity index (χ1v) is 11.5. The molecule has 0 amide bonds. The molecule has 27 heavy (non-hydrogen) atoms. The van der Waals surface area contributed by atoms with E-state index in [0.717, 1.165) is 10.0 Å². The Bertz CT molecular complexity index is 948. The maximum absolute atomic E-state index is 13.4. The van der Waals surface area contributed by atoms with Crippen molar-refractivity contribution >= 4 is 54.6 Å². The van der Waals surface area contributed by atoms with Crippen LogP contribution in [-0.4, -0.2) is 31.9 Å². The largest absolute Gasteiger partial charge is 0.393 e. The standard InChI is InChI=1S/C19H19BrClNO3S2/c1-2-25-11-19(18(22)26)16(12-3-5-13(20)6-4-12)17(19)27(23,24)15-9-7-14(21)8-10-15/h3-10,16-17H,2,11H2,1H3,(H2,22,26)/t16-,17-,19-/m0/s1. The van der Waals surface area contributed by atoms with Crippen molar-refractivity contribution in [1.82, 2.24) is 0 Å². The number of thiocarbonyl (C=S) groups is 1. The highest BCUT2D eigenvalue weighted by Gasteiger charge is 2.73. The second kappa shape index (κ2) is 7.79. The molecule has 0 saturated heterocycles. The van der Waals surface area contributed by atoms with Gasteiger partial charge in [-0.25, -0.2) is 8.42 Å². The average molecular weight is 489 g/mol. The molecule has 1 fully saturated rings. The summed E-state index contributed by atoms with van der Waals surface area (Å²) < 4.78 is 33.4. The molecule has 1 saturated carbocycles. The lowest BCUT2D eigenvalue weighted by atomic mass is 10.00. The highest BCUT2D eigenvalue weighted by Crippen LogP contribution is 2.64. The van der Waals surface area contributed by atoms with Crippen molar-refractivity contribution in [2.75, 3.05) is 13.2 Å². The number of benzene rings is 2. The van der Waals surface area contributed by atoms with Gasteiger partial charge in [-0.2, -0.15) is 0 Å². The summed E-state index contributed by atoms with van der Waals surface area (Å²) >= 11 is 14.6. The Labute approximate surface area is 178 Å². The molecule has 3 rings (SSSR count). The highest BCUT2D eigenvalue weighted by molar-refractivity contribution is 9.10. The van der Waals surface area contributed by atoms with E-state index in [2.05, 4.69) is 15.9 Å². The van der Waals surface area contributed by atoms with Crippen LogP contribution in [0.15, 0.2) is 57.9 Å². The van der Waals surface area contributed by atoms with E-state index in [1.165, 1.54) is 12.1 Å². The van der Waals surface area contributed by atoms with Gasteiger partial charge in [0, 0.05) is 22.0 Å². The zero-order valence-corrected chi connectivity index (χ0v) is 18.5. The van der Waals surface area contributed by atoms with Gasteiger partial charge in [0.05, 0.1) is 27.2 Å². The van der Waals surface area contributed by atoms with E-state index >= 15 is 0 Å². The maximum Gasteiger partial charge on any atom is 0.182 e. The number of sulfone groups is 1. The molecule has 0 aromatic heterocycles. The summed E-state index contributed by atoms with van der Waals surface area (Å²) in [6.45, 7) is 2.47. The topological polar surface area (TPSA) is 69.4 Å². The Balaban J connectivity index is 2.10. The second-order valence-corrected chi connectivity index (χ2v) is 10.4. The lowest BCUT2D eigenvalue weighted by Crippen LogP contribution is -2.33. The van der Waals surface area contributed by atoms with Crippen LogP contribution in [0.5, 0.6) is 0 Å². The van der Waals surface area contributed by atoms with Gasteiger partial charge >= 0.3 is 0 Å². The summed E-state index contributed by atoms with van der Waals surface area (Å²) in [5.41, 5.74) is 6.01. The summed E-state index contributed by atoms with van der Waals surface area (Å²) in [7, 11) is -3.69. The molecule has 0 bridgehead atoms. The lowest BCUT2D eigenvalue weighted by Gasteiger charge is -2.17. The Kier molecular flexibility index (Phi) is 5.99. The fourth-order valence-electron chi connectivity index (χ4n) is 3.58. The molecule has 2 aromatic carbocycles. The third-order valence-electron chi connectivity index (χ3n) is 4.97. The monoisotopic (exact) mass is 487 g/mol. The van der Waals surface area contributed by atoms with E-state index in [9.17, 15) is 8.42 Å². The van der Waals surface area contributed by atoms with Gasteiger partial charge in [0.1, 0.15) is 0 Å². The van der Waals surface area contributed by atoms with Crippen LogP contribution in [0.2, 0.25) is 5.02 Å². The molecule has 4 nitrogen and oxygen atoms in total. The van der Waals surface area contributed by atoms with E-state index in [4.69, 9.17) is 34.3 Å². The van der Waals surface area contributed by atoms with Crippen molar-refractivity contribution in [2.45, 2.75) is 23.0 Å². The van der Waals surface area contributed by atoms with Gasteiger partial charge < -0.3 is 10.5 Å². The SMILES string of the molecule is CCOC[C@]1(C(N)=S)[C@@H](c2ccc(Br)cc2)[C@@H]1S(=O)(=O)c1ccc(Cl)cc1. The zero-order chi connectivity index (χ0) is 19.8. The van der Waals surface area contributed by atoms with Gasteiger partial charge in [-0.3, -0.25) is 0 Å². The molecule has 0 spiro atoms. The van der Waals surface area contributed by atoms with E-state index in [1.54, 1.807) is 12.1 Å². The fourth-order valence-corrected chi connectivity index (χ4v) is 6.74. The summed E-state index contributed by atoms with van der Waals surface area (Å²) in [5.74, 6) is -0.365. The molecular formula is C19H19BrClNO3S2. The smallest absolute Gasteiger partial charge is 0.182 e. The van der Waals surface area contributed by atoms with Crippen molar-refractivity contribution < 1.29 is 13.2 Å². The number of rotatable bonds is 7. The number of halogens is 2. The Morgan fingerprint density at radius 1 is 1.22 bits per heavy atom. The van der Waals surface area contributed by atoms with Gasteiger partial charge in [-0.05, 0) is 48.9 Å². The minimum atomic E-state index is -3.69. The third-order valence-corrected chi connectivity index (χ3v) is 8.42. The highest BCUT2D eigenvalue weighted by atomic mass is 79.9. The molecule has 0 aliphatic heterocycles. The van der Waals surface area contributed by atoms with Crippen LogP contribution >= 0.6 is 39.7 Å². The predicted molar refractivity (Wildman–Crippen MR) is 115 cm³/mol. The van der Waals surface area contributed by atoms with Crippen molar-refractivity contribution in [3.63, 3.8) is 0 Å². The van der Waals surface area contributed by atoms with Crippen LogP contribution in [0, 0.1) is 5.41 Å². The molecule has 0 heterocycles. The molecular weight excluding hydrogens is 470 g/mol. The van der Waals surface area contributed by atoms with Crippen LogP contribution in [0.3, 0.4) is 0 Å². The van der Waals surface area contributed by atoms with Crippen LogP contribution < -0.4 is 5.73 Å². The quantitative estimate of drug-likeness (QED) is 0.587. The number of hydrogen-bond donors (Lipinski definition) is 1. The molecule has 2 aromatic rings. The molecule has 144 valence electrons. The van der Waals surface area contributed by atoms with E-state index < -0.39 is 20.5 Å². The van der Waals surface area contributed by atoms with Crippen LogP contribution in [-0.2, 0) is 14.6 Å². The zero-order valence-electron chi connectivity index (χ0n) is 14.6. The van der Waals surface area contributed by atoms with Crippen LogP contribution in [0.1, 0.15) is 18.4 Å². The first-order chi connectivity index (χ1) is 12.7. The third kappa shape index (κ3) is 3.68. The van der Waals surface area contributed by atoms with Crippen LogP contribution in [0.4, 0.5) is 0 Å². The predicted octanol–water partition coefficient (Wildman–Crippen LogP) is 4.35. The average Bonchev–Trinajstić information content (AvgIpc) is 3.32. The minimum absolute atomic E-state index is 0.159. The molecule has 0 unspecified atom stereocenters. The van der Waals surface area contributed by atoms with Gasteiger partial charge in [-0.15, -0.1) is 0 Å². The van der Waals surface area contributed by atoms with Crippen molar-refractivity contribution in [2.24, 2.45) is 11.1 Å². The Morgan fingerprint density at radius 3 is 2.33 bits per heavy atom. The second-order valence-electron chi connectivity index (χ2n) is 6.49.